The van der Waals surface area contributed by atoms with Gasteiger partial charge in [-0.15, -0.1) is 0 Å². The second-order valence-electron chi connectivity index (χ2n) is 3.73. The maximum Gasteiger partial charge on any atom is 0.304 e. The molecule has 0 spiro atoms. The van der Waals surface area contributed by atoms with Crippen molar-refractivity contribution in [3.63, 3.8) is 0 Å². The van der Waals surface area contributed by atoms with Crippen LogP contribution in [0.2, 0.25) is 0 Å². The van der Waals surface area contributed by atoms with Gasteiger partial charge in [0, 0.05) is 13.3 Å². The molecule has 1 unspecified atom stereocenters. The van der Waals surface area contributed by atoms with Crippen molar-refractivity contribution in [1.82, 2.24) is 0 Å². The topological polar surface area (TPSA) is 35.5 Å². The van der Waals surface area contributed by atoms with Crippen molar-refractivity contribution in [2.75, 3.05) is 6.61 Å². The van der Waals surface area contributed by atoms with E-state index in [4.69, 9.17) is 9.47 Å². The summed E-state index contributed by atoms with van der Waals surface area (Å²) >= 11 is 0. The lowest BCUT2D eigenvalue weighted by Crippen LogP contribution is -2.23. The lowest BCUT2D eigenvalue weighted by Gasteiger charge is -2.22. The van der Waals surface area contributed by atoms with Crippen molar-refractivity contribution in [2.24, 2.45) is 5.92 Å². The van der Waals surface area contributed by atoms with Crippen molar-refractivity contribution < 1.29 is 14.3 Å². The van der Waals surface area contributed by atoms with Gasteiger partial charge in [0.2, 0.25) is 6.29 Å². The van der Waals surface area contributed by atoms with E-state index in [9.17, 15) is 4.79 Å². The molecule has 1 aliphatic heterocycles. The van der Waals surface area contributed by atoms with Crippen LogP contribution in [0.25, 0.3) is 0 Å². The van der Waals surface area contributed by atoms with E-state index in [1.165, 1.54) is 13.3 Å². The van der Waals surface area contributed by atoms with Gasteiger partial charge < -0.3 is 9.47 Å². The van der Waals surface area contributed by atoms with Gasteiger partial charge in [-0.25, -0.2) is 0 Å². The zero-order valence-electron chi connectivity index (χ0n) is 8.41. The average Bonchev–Trinajstić information content (AvgIpc) is 1.99. The van der Waals surface area contributed by atoms with Gasteiger partial charge in [-0.3, -0.25) is 4.79 Å². The molecule has 1 rings (SSSR count). The van der Waals surface area contributed by atoms with Crippen LogP contribution in [0.1, 0.15) is 39.5 Å². The molecule has 1 aliphatic rings. The van der Waals surface area contributed by atoms with Gasteiger partial charge in [-0.1, -0.05) is 13.3 Å². The van der Waals surface area contributed by atoms with Gasteiger partial charge in [0.05, 0.1) is 6.61 Å². The fourth-order valence-electron chi connectivity index (χ4n) is 1.54. The van der Waals surface area contributed by atoms with E-state index >= 15 is 0 Å². The van der Waals surface area contributed by atoms with Gasteiger partial charge in [-0.05, 0) is 18.8 Å². The Morgan fingerprint density at radius 2 is 2.15 bits per heavy atom. The van der Waals surface area contributed by atoms with Crippen LogP contribution in [0.15, 0.2) is 0 Å². The van der Waals surface area contributed by atoms with Crippen molar-refractivity contribution in [3.05, 3.63) is 0 Å². The van der Waals surface area contributed by atoms with Gasteiger partial charge in [0.1, 0.15) is 0 Å². The van der Waals surface area contributed by atoms with E-state index in [1.54, 1.807) is 0 Å². The number of ether oxygens (including phenoxy) is 2. The lowest BCUT2D eigenvalue weighted by molar-refractivity contribution is -0.180. The number of hydrogen-bond donors (Lipinski definition) is 0. The van der Waals surface area contributed by atoms with E-state index in [1.807, 2.05) is 0 Å². The van der Waals surface area contributed by atoms with Crippen molar-refractivity contribution in [1.29, 1.82) is 0 Å². The Hall–Kier alpha value is -0.570. The highest BCUT2D eigenvalue weighted by molar-refractivity contribution is 5.66. The highest BCUT2D eigenvalue weighted by Crippen LogP contribution is 2.18. The molecule has 1 saturated heterocycles. The Bertz CT molecular complexity index is 158. The van der Waals surface area contributed by atoms with Crippen molar-refractivity contribution >= 4 is 5.97 Å². The van der Waals surface area contributed by atoms with E-state index in [-0.39, 0.29) is 12.3 Å². The Morgan fingerprint density at radius 1 is 1.38 bits per heavy atom. The molecule has 3 nitrogen and oxygen atoms in total. The van der Waals surface area contributed by atoms with Crippen LogP contribution in [0.5, 0.6) is 0 Å². The number of rotatable bonds is 1. The normalized spacial score (nSPS) is 30.3. The van der Waals surface area contributed by atoms with E-state index in [0.717, 1.165) is 25.2 Å². The van der Waals surface area contributed by atoms with Gasteiger partial charge in [0.25, 0.3) is 0 Å². The highest BCUT2D eigenvalue weighted by Gasteiger charge is 2.16. The lowest BCUT2D eigenvalue weighted by atomic mass is 10.00. The molecule has 0 aromatic heterocycles. The Kier molecular flexibility index (Phi) is 4.22. The third-order valence-corrected chi connectivity index (χ3v) is 2.35. The van der Waals surface area contributed by atoms with Crippen LogP contribution in [0.4, 0.5) is 0 Å². The Labute approximate surface area is 79.4 Å². The summed E-state index contributed by atoms with van der Waals surface area (Å²) in [5.41, 5.74) is 0. The summed E-state index contributed by atoms with van der Waals surface area (Å²) in [6.07, 6.45) is 3.90. The SMILES string of the molecule is CC(=O)OC1CCC[C@@H](C)CCO1. The first kappa shape index (κ1) is 10.5. The fraction of sp³-hybridized carbons (Fsp3) is 0.900. The fourth-order valence-corrected chi connectivity index (χ4v) is 1.54. The van der Waals surface area contributed by atoms with Gasteiger partial charge in [-0.2, -0.15) is 0 Å². The molecule has 0 aromatic rings. The van der Waals surface area contributed by atoms with E-state index < -0.39 is 0 Å². The highest BCUT2D eigenvalue weighted by atomic mass is 16.7. The summed E-state index contributed by atoms with van der Waals surface area (Å²) in [5.74, 6) is 0.483. The molecule has 3 heteroatoms. The second kappa shape index (κ2) is 5.22. The molecule has 1 heterocycles. The maximum absolute atomic E-state index is 10.7. The largest absolute Gasteiger partial charge is 0.436 e. The summed E-state index contributed by atoms with van der Waals surface area (Å²) < 4.78 is 10.4. The van der Waals surface area contributed by atoms with Crippen molar-refractivity contribution in [3.8, 4) is 0 Å². The van der Waals surface area contributed by atoms with Gasteiger partial charge >= 0.3 is 5.97 Å². The van der Waals surface area contributed by atoms with Crippen molar-refractivity contribution in [2.45, 2.75) is 45.8 Å². The molecule has 0 radical (unpaired) electrons. The molecule has 0 aliphatic carbocycles. The predicted molar refractivity (Wildman–Crippen MR) is 49.1 cm³/mol. The third-order valence-electron chi connectivity index (χ3n) is 2.35. The monoisotopic (exact) mass is 186 g/mol. The molecule has 13 heavy (non-hydrogen) atoms. The molecule has 0 aromatic carbocycles. The minimum absolute atomic E-state index is 0.251. The standard InChI is InChI=1S/C10H18O3/c1-8-4-3-5-10(12-7-6-8)13-9(2)11/h8,10H,3-7H2,1-2H3/t8-,10?/m1/s1. The van der Waals surface area contributed by atoms with Crippen LogP contribution >= 0.6 is 0 Å². The summed E-state index contributed by atoms with van der Waals surface area (Å²) in [4.78, 5) is 10.7. The van der Waals surface area contributed by atoms with Crippen LogP contribution in [0, 0.1) is 5.92 Å². The zero-order valence-corrected chi connectivity index (χ0v) is 8.41. The number of esters is 1. The second-order valence-corrected chi connectivity index (χ2v) is 3.73. The third kappa shape index (κ3) is 4.27. The molecule has 0 saturated carbocycles. The Morgan fingerprint density at radius 3 is 2.85 bits per heavy atom. The van der Waals surface area contributed by atoms with Crippen LogP contribution in [-0.2, 0) is 14.3 Å². The summed E-state index contributed by atoms with van der Waals surface area (Å²) in [5, 5.41) is 0. The van der Waals surface area contributed by atoms with E-state index in [2.05, 4.69) is 6.92 Å². The van der Waals surface area contributed by atoms with Gasteiger partial charge in [0.15, 0.2) is 0 Å². The van der Waals surface area contributed by atoms with Crippen LogP contribution < -0.4 is 0 Å². The predicted octanol–water partition coefficient (Wildman–Crippen LogP) is 2.10. The molecule has 2 atom stereocenters. The molecular formula is C10H18O3. The summed E-state index contributed by atoms with van der Waals surface area (Å²) in [6.45, 7) is 4.36. The number of hydrogen-bond acceptors (Lipinski definition) is 3. The first-order chi connectivity index (χ1) is 6.18. The summed E-state index contributed by atoms with van der Waals surface area (Å²) in [6, 6.07) is 0. The molecule has 0 N–H and O–H groups in total. The van der Waals surface area contributed by atoms with Crippen LogP contribution in [-0.4, -0.2) is 18.9 Å². The smallest absolute Gasteiger partial charge is 0.304 e. The first-order valence-corrected chi connectivity index (χ1v) is 4.97. The minimum atomic E-state index is -0.301. The minimum Gasteiger partial charge on any atom is -0.436 e. The summed E-state index contributed by atoms with van der Waals surface area (Å²) in [7, 11) is 0. The Balaban J connectivity index is 2.28. The number of carbonyl (C=O) groups excluding carboxylic acids is 1. The average molecular weight is 186 g/mol. The molecule has 0 amide bonds. The first-order valence-electron chi connectivity index (χ1n) is 4.97. The molecule has 0 bridgehead atoms. The molecular weight excluding hydrogens is 168 g/mol. The van der Waals surface area contributed by atoms with Crippen LogP contribution in [0.3, 0.4) is 0 Å². The quantitative estimate of drug-likeness (QED) is 0.588. The maximum atomic E-state index is 10.7. The molecule has 76 valence electrons. The zero-order chi connectivity index (χ0) is 9.68. The number of carbonyl (C=O) groups is 1. The molecule has 1 fully saturated rings. The van der Waals surface area contributed by atoms with E-state index in [0.29, 0.717) is 6.61 Å².